The van der Waals surface area contributed by atoms with Gasteiger partial charge in [-0.05, 0) is 6.92 Å². The van der Waals surface area contributed by atoms with Gasteiger partial charge in [0.2, 0.25) is 0 Å². The van der Waals surface area contributed by atoms with Crippen LogP contribution in [0.4, 0.5) is 0 Å². The van der Waals surface area contributed by atoms with Crippen molar-refractivity contribution < 1.29 is 4.79 Å². The predicted octanol–water partition coefficient (Wildman–Crippen LogP) is 0.321. The molecular formula is C14H16N4O3. The van der Waals surface area contributed by atoms with Gasteiger partial charge in [-0.15, -0.1) is 13.2 Å². The number of allylic oxidation sites excluding steroid dienone is 2. The average Bonchev–Trinajstić information content (AvgIpc) is 2.82. The standard InChI is InChI=1S/C14H16N4O3/c1-4-6-17-12-11(16(9-15-12)8-10(3)19)13(20)18(7-5-2)14(17)21/h4-5,9H,1-2,6-8H2,3H3. The van der Waals surface area contributed by atoms with E-state index in [0.29, 0.717) is 0 Å². The Morgan fingerprint density at radius 2 is 1.86 bits per heavy atom. The van der Waals surface area contributed by atoms with Crippen LogP contribution < -0.4 is 11.2 Å². The Hall–Kier alpha value is -2.70. The molecule has 2 aromatic heterocycles. The summed E-state index contributed by atoms with van der Waals surface area (Å²) in [6, 6.07) is 0. The molecule has 0 aliphatic heterocycles. The highest BCUT2D eigenvalue weighted by molar-refractivity contribution is 5.78. The van der Waals surface area contributed by atoms with Gasteiger partial charge in [0, 0.05) is 13.1 Å². The smallest absolute Gasteiger partial charge is 0.317 e. The Balaban J connectivity index is 2.89. The number of rotatable bonds is 6. The van der Waals surface area contributed by atoms with Crippen LogP contribution in [0.2, 0.25) is 0 Å². The third-order valence-corrected chi connectivity index (χ3v) is 3.00. The first kappa shape index (κ1) is 14.7. The molecule has 0 N–H and O–H groups in total. The first-order chi connectivity index (χ1) is 10.0. The highest BCUT2D eigenvalue weighted by Gasteiger charge is 2.17. The van der Waals surface area contributed by atoms with E-state index in [4.69, 9.17) is 0 Å². The van der Waals surface area contributed by atoms with Gasteiger partial charge in [0.05, 0.1) is 12.9 Å². The Labute approximate surface area is 120 Å². The summed E-state index contributed by atoms with van der Waals surface area (Å²) in [5, 5.41) is 0. The molecule has 0 bridgehead atoms. The molecule has 0 aliphatic rings. The van der Waals surface area contributed by atoms with Crippen LogP contribution in [-0.4, -0.2) is 24.5 Å². The maximum atomic E-state index is 12.5. The number of hydrogen-bond acceptors (Lipinski definition) is 4. The summed E-state index contributed by atoms with van der Waals surface area (Å²) in [6.07, 6.45) is 4.41. The van der Waals surface area contributed by atoms with Crippen molar-refractivity contribution >= 4 is 16.9 Å². The lowest BCUT2D eigenvalue weighted by atomic mass is 10.4. The molecule has 0 radical (unpaired) electrons. The normalized spacial score (nSPS) is 10.7. The second kappa shape index (κ2) is 5.74. The van der Waals surface area contributed by atoms with Crippen molar-refractivity contribution in [3.63, 3.8) is 0 Å². The minimum Gasteiger partial charge on any atom is -0.317 e. The van der Waals surface area contributed by atoms with Crippen LogP contribution >= 0.6 is 0 Å². The average molecular weight is 288 g/mol. The second-order valence-corrected chi connectivity index (χ2v) is 4.63. The Morgan fingerprint density at radius 1 is 1.24 bits per heavy atom. The lowest BCUT2D eigenvalue weighted by molar-refractivity contribution is -0.117. The summed E-state index contributed by atoms with van der Waals surface area (Å²) in [5.41, 5.74) is -0.464. The van der Waals surface area contributed by atoms with Gasteiger partial charge in [-0.25, -0.2) is 9.78 Å². The quantitative estimate of drug-likeness (QED) is 0.717. The van der Waals surface area contributed by atoms with Crippen molar-refractivity contribution in [3.05, 3.63) is 52.5 Å². The second-order valence-electron chi connectivity index (χ2n) is 4.63. The molecule has 2 rings (SSSR count). The monoisotopic (exact) mass is 288 g/mol. The highest BCUT2D eigenvalue weighted by atomic mass is 16.2. The van der Waals surface area contributed by atoms with E-state index in [2.05, 4.69) is 18.1 Å². The van der Waals surface area contributed by atoms with E-state index in [1.54, 1.807) is 6.08 Å². The summed E-state index contributed by atoms with van der Waals surface area (Å²) in [5.74, 6) is -0.106. The first-order valence-electron chi connectivity index (χ1n) is 6.41. The van der Waals surface area contributed by atoms with Crippen molar-refractivity contribution in [1.29, 1.82) is 0 Å². The minimum absolute atomic E-state index is 0.0339. The van der Waals surface area contributed by atoms with Gasteiger partial charge < -0.3 is 4.57 Å². The van der Waals surface area contributed by atoms with E-state index in [0.717, 1.165) is 4.57 Å². The Bertz CT molecular complexity index is 838. The molecule has 0 fully saturated rings. The Morgan fingerprint density at radius 3 is 2.43 bits per heavy atom. The fraction of sp³-hybridized carbons (Fsp3) is 0.286. The van der Waals surface area contributed by atoms with Gasteiger partial charge in [-0.1, -0.05) is 12.2 Å². The van der Waals surface area contributed by atoms with Crippen molar-refractivity contribution in [3.8, 4) is 0 Å². The van der Waals surface area contributed by atoms with Crippen LogP contribution in [0.25, 0.3) is 11.2 Å². The van der Waals surface area contributed by atoms with Gasteiger partial charge in [0.25, 0.3) is 5.56 Å². The molecule has 0 saturated carbocycles. The van der Waals surface area contributed by atoms with Crippen LogP contribution in [0.3, 0.4) is 0 Å². The zero-order valence-electron chi connectivity index (χ0n) is 11.8. The molecule has 7 heteroatoms. The van der Waals surface area contributed by atoms with Crippen LogP contribution in [-0.2, 0) is 24.4 Å². The fourth-order valence-electron chi connectivity index (χ4n) is 2.18. The number of hydrogen-bond donors (Lipinski definition) is 0. The number of ketones is 1. The van der Waals surface area contributed by atoms with E-state index in [1.165, 1.54) is 28.5 Å². The molecule has 0 atom stereocenters. The van der Waals surface area contributed by atoms with Gasteiger partial charge in [0.1, 0.15) is 5.78 Å². The molecule has 21 heavy (non-hydrogen) atoms. The number of Topliss-reactive ketones (excluding diaryl/α,β-unsaturated/α-hetero) is 1. The van der Waals surface area contributed by atoms with Crippen LogP contribution in [0.5, 0.6) is 0 Å². The molecular weight excluding hydrogens is 272 g/mol. The molecule has 0 aromatic carbocycles. The molecule has 0 aliphatic carbocycles. The maximum Gasteiger partial charge on any atom is 0.333 e. The van der Waals surface area contributed by atoms with E-state index < -0.39 is 11.2 Å². The SMILES string of the molecule is C=CCn1c(=O)c2c(ncn2CC(C)=O)n(CC=C)c1=O. The van der Waals surface area contributed by atoms with Gasteiger partial charge >= 0.3 is 5.69 Å². The number of fused-ring (bicyclic) bond motifs is 1. The van der Waals surface area contributed by atoms with Crippen molar-refractivity contribution in [2.75, 3.05) is 0 Å². The van der Waals surface area contributed by atoms with E-state index >= 15 is 0 Å². The molecule has 7 nitrogen and oxygen atoms in total. The zero-order valence-corrected chi connectivity index (χ0v) is 11.8. The molecule has 0 saturated heterocycles. The topological polar surface area (TPSA) is 78.9 Å². The van der Waals surface area contributed by atoms with Crippen LogP contribution in [0.1, 0.15) is 6.92 Å². The highest BCUT2D eigenvalue weighted by Crippen LogP contribution is 2.07. The Kier molecular flexibility index (Phi) is 4.02. The summed E-state index contributed by atoms with van der Waals surface area (Å²) in [4.78, 5) is 40.2. The lowest BCUT2D eigenvalue weighted by Crippen LogP contribution is -2.40. The van der Waals surface area contributed by atoms with E-state index in [1.807, 2.05) is 0 Å². The van der Waals surface area contributed by atoms with Gasteiger partial charge in [-0.3, -0.25) is 18.7 Å². The fourth-order valence-corrected chi connectivity index (χ4v) is 2.18. The van der Waals surface area contributed by atoms with Gasteiger partial charge in [0.15, 0.2) is 11.2 Å². The number of carbonyl (C=O) groups is 1. The summed E-state index contributed by atoms with van der Waals surface area (Å²) in [6.45, 7) is 8.93. The predicted molar refractivity (Wildman–Crippen MR) is 79.3 cm³/mol. The van der Waals surface area contributed by atoms with Crippen molar-refractivity contribution in [2.45, 2.75) is 26.6 Å². The third kappa shape index (κ3) is 2.49. The van der Waals surface area contributed by atoms with Gasteiger partial charge in [-0.2, -0.15) is 0 Å². The molecule has 110 valence electrons. The number of imidazole rings is 1. The lowest BCUT2D eigenvalue weighted by Gasteiger charge is -2.09. The number of aromatic nitrogens is 4. The van der Waals surface area contributed by atoms with Crippen LogP contribution in [0, 0.1) is 0 Å². The van der Waals surface area contributed by atoms with E-state index in [9.17, 15) is 14.4 Å². The summed E-state index contributed by atoms with van der Waals surface area (Å²) >= 11 is 0. The number of nitrogens with zero attached hydrogens (tertiary/aromatic N) is 4. The largest absolute Gasteiger partial charge is 0.333 e. The summed E-state index contributed by atoms with van der Waals surface area (Å²) in [7, 11) is 0. The summed E-state index contributed by atoms with van der Waals surface area (Å²) < 4.78 is 3.87. The molecule has 2 aromatic rings. The zero-order chi connectivity index (χ0) is 15.6. The van der Waals surface area contributed by atoms with Crippen molar-refractivity contribution in [1.82, 2.24) is 18.7 Å². The molecule has 0 spiro atoms. The first-order valence-corrected chi connectivity index (χ1v) is 6.41. The van der Waals surface area contributed by atoms with Crippen molar-refractivity contribution in [2.24, 2.45) is 0 Å². The minimum atomic E-state index is -0.478. The molecule has 2 heterocycles. The molecule has 0 unspecified atom stereocenters. The molecule has 0 amide bonds. The third-order valence-electron chi connectivity index (χ3n) is 3.00. The number of carbonyl (C=O) groups excluding carboxylic acids is 1. The van der Waals surface area contributed by atoms with E-state index in [-0.39, 0.29) is 36.6 Å². The van der Waals surface area contributed by atoms with Crippen LogP contribution in [0.15, 0.2) is 41.2 Å². The maximum absolute atomic E-state index is 12.5.